The second kappa shape index (κ2) is 10.6. The minimum atomic E-state index is -1.60. The van der Waals surface area contributed by atoms with Crippen molar-refractivity contribution < 1.29 is 44.2 Å². The third-order valence-electron chi connectivity index (χ3n) is 4.81. The van der Waals surface area contributed by atoms with E-state index in [1.165, 1.54) is 6.07 Å². The van der Waals surface area contributed by atoms with Gasteiger partial charge in [-0.1, -0.05) is 18.2 Å². The van der Waals surface area contributed by atoms with E-state index in [2.05, 4.69) is 0 Å². The van der Waals surface area contributed by atoms with Gasteiger partial charge in [0.2, 0.25) is 6.29 Å². The first-order valence-corrected chi connectivity index (χ1v) is 9.89. The summed E-state index contributed by atoms with van der Waals surface area (Å²) in [5.41, 5.74) is 0.706. The van der Waals surface area contributed by atoms with Crippen molar-refractivity contribution in [3.8, 4) is 11.5 Å². The monoisotopic (exact) mass is 434 g/mol. The number of rotatable bonds is 8. The fraction of sp³-hybridized carbons (Fsp3) is 0.409. The van der Waals surface area contributed by atoms with Crippen LogP contribution in [-0.4, -0.2) is 70.3 Å². The Morgan fingerprint density at radius 2 is 1.77 bits per heavy atom. The van der Waals surface area contributed by atoms with E-state index in [4.69, 9.17) is 18.9 Å². The summed E-state index contributed by atoms with van der Waals surface area (Å²) < 4.78 is 21.8. The molecule has 1 heterocycles. The zero-order valence-electron chi connectivity index (χ0n) is 17.0. The van der Waals surface area contributed by atoms with Crippen LogP contribution >= 0.6 is 0 Å². The molecule has 5 atom stereocenters. The number of ether oxygens (including phenoxy) is 4. The van der Waals surface area contributed by atoms with Crippen molar-refractivity contribution in [1.29, 1.82) is 0 Å². The minimum Gasteiger partial charge on any atom is -0.494 e. The van der Waals surface area contributed by atoms with E-state index in [0.717, 1.165) is 0 Å². The molecule has 2 aromatic carbocycles. The number of aliphatic hydroxyl groups excluding tert-OH is 4. The summed E-state index contributed by atoms with van der Waals surface area (Å²) in [5.74, 6) is 0.118. The lowest BCUT2D eigenvalue weighted by Gasteiger charge is -2.40. The summed E-state index contributed by atoms with van der Waals surface area (Å²) in [4.78, 5) is 12.1. The van der Waals surface area contributed by atoms with E-state index in [9.17, 15) is 25.2 Å². The minimum absolute atomic E-state index is 0.207. The highest BCUT2D eigenvalue weighted by Crippen LogP contribution is 2.29. The maximum absolute atomic E-state index is 12.1. The van der Waals surface area contributed by atoms with Gasteiger partial charge in [-0.2, -0.15) is 0 Å². The lowest BCUT2D eigenvalue weighted by Crippen LogP contribution is -2.60. The molecule has 3 rings (SSSR count). The van der Waals surface area contributed by atoms with E-state index in [1.54, 1.807) is 42.5 Å². The molecule has 168 valence electrons. The van der Waals surface area contributed by atoms with Gasteiger partial charge in [-0.3, -0.25) is 0 Å². The summed E-state index contributed by atoms with van der Waals surface area (Å²) in [6, 6.07) is 13.0. The van der Waals surface area contributed by atoms with Gasteiger partial charge in [0.05, 0.1) is 18.8 Å². The number of benzene rings is 2. The van der Waals surface area contributed by atoms with Crippen molar-refractivity contribution in [3.05, 3.63) is 59.7 Å². The average Bonchev–Trinajstić information content (AvgIpc) is 2.80. The fourth-order valence-corrected chi connectivity index (χ4v) is 3.14. The van der Waals surface area contributed by atoms with Crippen LogP contribution < -0.4 is 9.47 Å². The Morgan fingerprint density at radius 3 is 2.45 bits per heavy atom. The van der Waals surface area contributed by atoms with Gasteiger partial charge in [-0.15, -0.1) is 0 Å². The van der Waals surface area contributed by atoms with Crippen molar-refractivity contribution in [2.75, 3.05) is 13.2 Å². The van der Waals surface area contributed by atoms with Crippen LogP contribution in [0.2, 0.25) is 0 Å². The quantitative estimate of drug-likeness (QED) is 0.441. The smallest absolute Gasteiger partial charge is 0.338 e. The first-order chi connectivity index (χ1) is 14.9. The number of hydrogen-bond donors (Lipinski definition) is 4. The Bertz CT molecular complexity index is 857. The molecular weight excluding hydrogens is 408 g/mol. The summed E-state index contributed by atoms with van der Waals surface area (Å²) in [5, 5.41) is 40.4. The van der Waals surface area contributed by atoms with Crippen LogP contribution in [0.5, 0.6) is 11.5 Å². The van der Waals surface area contributed by atoms with Gasteiger partial charge in [0.1, 0.15) is 42.5 Å². The number of esters is 1. The normalized spacial score (nSPS) is 25.6. The van der Waals surface area contributed by atoms with Crippen molar-refractivity contribution in [2.45, 2.75) is 44.2 Å². The van der Waals surface area contributed by atoms with E-state index in [-0.39, 0.29) is 19.0 Å². The van der Waals surface area contributed by atoms with Crippen LogP contribution in [0.3, 0.4) is 0 Å². The van der Waals surface area contributed by atoms with E-state index in [0.29, 0.717) is 23.5 Å². The predicted molar refractivity (Wildman–Crippen MR) is 108 cm³/mol. The lowest BCUT2D eigenvalue weighted by atomic mass is 9.99. The molecule has 9 heteroatoms. The predicted octanol–water partition coefficient (Wildman–Crippen LogP) is 0.621. The van der Waals surface area contributed by atoms with Gasteiger partial charge in [0, 0.05) is 5.56 Å². The Labute approximate surface area is 179 Å². The molecule has 0 radical (unpaired) electrons. The molecular formula is C22H26O9. The van der Waals surface area contributed by atoms with Crippen molar-refractivity contribution in [2.24, 2.45) is 0 Å². The highest BCUT2D eigenvalue weighted by molar-refractivity contribution is 5.89. The zero-order chi connectivity index (χ0) is 22.4. The molecule has 0 aromatic heterocycles. The molecule has 1 aliphatic heterocycles. The SMILES string of the molecule is CCOc1ccc(O[C@@H]2O[C@H](COC(=O)c3ccccc3)[C@@H](O)[C@H](O)[C@H]2O)c(CO)c1. The number of aliphatic hydroxyl groups is 4. The maximum atomic E-state index is 12.1. The third-order valence-corrected chi connectivity index (χ3v) is 4.81. The van der Waals surface area contributed by atoms with Gasteiger partial charge < -0.3 is 39.4 Å². The standard InChI is InChI=1S/C22H26O9/c1-2-28-15-8-9-16(14(10-15)11-23)30-22-20(26)19(25)18(24)17(31-22)12-29-21(27)13-6-4-3-5-7-13/h3-10,17-20,22-26H,2,11-12H2,1H3/t17-,18-,19+,20-,22-/m1/s1. The molecule has 1 aliphatic rings. The van der Waals surface area contributed by atoms with Crippen LogP contribution in [0.1, 0.15) is 22.8 Å². The highest BCUT2D eigenvalue weighted by Gasteiger charge is 2.45. The Hall–Kier alpha value is -2.69. The molecule has 0 amide bonds. The molecule has 9 nitrogen and oxygen atoms in total. The third kappa shape index (κ3) is 5.52. The van der Waals surface area contributed by atoms with E-state index in [1.807, 2.05) is 6.92 Å². The van der Waals surface area contributed by atoms with Gasteiger partial charge in [-0.05, 0) is 37.3 Å². The van der Waals surface area contributed by atoms with Crippen molar-refractivity contribution in [1.82, 2.24) is 0 Å². The Morgan fingerprint density at radius 1 is 1.03 bits per heavy atom. The van der Waals surface area contributed by atoms with Crippen LogP contribution in [0.15, 0.2) is 48.5 Å². The topological polar surface area (TPSA) is 135 Å². The Kier molecular flexibility index (Phi) is 7.83. The van der Waals surface area contributed by atoms with Gasteiger partial charge in [0.25, 0.3) is 0 Å². The molecule has 2 aromatic rings. The molecule has 1 saturated heterocycles. The molecule has 0 spiro atoms. The molecule has 0 saturated carbocycles. The largest absolute Gasteiger partial charge is 0.494 e. The Balaban J connectivity index is 1.69. The molecule has 0 unspecified atom stereocenters. The van der Waals surface area contributed by atoms with E-state index >= 15 is 0 Å². The van der Waals surface area contributed by atoms with Crippen molar-refractivity contribution >= 4 is 5.97 Å². The fourth-order valence-electron chi connectivity index (χ4n) is 3.14. The van der Waals surface area contributed by atoms with Crippen LogP contribution in [0.25, 0.3) is 0 Å². The van der Waals surface area contributed by atoms with Crippen LogP contribution in [0.4, 0.5) is 0 Å². The van der Waals surface area contributed by atoms with Gasteiger partial charge in [-0.25, -0.2) is 4.79 Å². The van der Waals surface area contributed by atoms with Crippen molar-refractivity contribution in [3.63, 3.8) is 0 Å². The second-order valence-corrected chi connectivity index (χ2v) is 6.96. The van der Waals surface area contributed by atoms with Gasteiger partial charge >= 0.3 is 5.97 Å². The summed E-state index contributed by atoms with van der Waals surface area (Å²) >= 11 is 0. The van der Waals surface area contributed by atoms with E-state index < -0.39 is 36.7 Å². The second-order valence-electron chi connectivity index (χ2n) is 6.96. The highest BCUT2D eigenvalue weighted by atomic mass is 16.7. The molecule has 4 N–H and O–H groups in total. The number of carbonyl (C=O) groups is 1. The molecule has 1 fully saturated rings. The zero-order valence-corrected chi connectivity index (χ0v) is 17.0. The summed E-state index contributed by atoms with van der Waals surface area (Å²) in [6.07, 6.45) is -7.19. The average molecular weight is 434 g/mol. The number of hydrogen-bond acceptors (Lipinski definition) is 9. The molecule has 0 bridgehead atoms. The first kappa shape index (κ1) is 23.0. The molecule has 0 aliphatic carbocycles. The van der Waals surface area contributed by atoms with Gasteiger partial charge in [0.15, 0.2) is 0 Å². The summed E-state index contributed by atoms with van der Waals surface area (Å²) in [7, 11) is 0. The first-order valence-electron chi connectivity index (χ1n) is 9.89. The maximum Gasteiger partial charge on any atom is 0.338 e. The number of carbonyl (C=O) groups excluding carboxylic acids is 1. The lowest BCUT2D eigenvalue weighted by molar-refractivity contribution is -0.277. The van der Waals surface area contributed by atoms with Crippen LogP contribution in [-0.2, 0) is 16.1 Å². The summed E-state index contributed by atoms with van der Waals surface area (Å²) in [6.45, 7) is 1.55. The van der Waals surface area contributed by atoms with Crippen LogP contribution in [0, 0.1) is 0 Å². The molecule has 31 heavy (non-hydrogen) atoms.